The fourth-order valence-corrected chi connectivity index (χ4v) is 3.40. The first-order valence-electron chi connectivity index (χ1n) is 9.32. The average Bonchev–Trinajstić information content (AvgIpc) is 3.18. The molecule has 0 saturated heterocycles. The molecule has 0 radical (unpaired) electrons. The molecule has 0 fully saturated rings. The van der Waals surface area contributed by atoms with Gasteiger partial charge in [-0.05, 0) is 49.6 Å². The van der Waals surface area contributed by atoms with Crippen molar-refractivity contribution in [1.29, 1.82) is 0 Å². The molecular weight excluding hydrogens is 352 g/mol. The Balaban J connectivity index is 1.81. The van der Waals surface area contributed by atoms with Gasteiger partial charge < -0.3 is 9.47 Å². The summed E-state index contributed by atoms with van der Waals surface area (Å²) in [5.74, 6) is 1.33. The molecule has 0 saturated carbocycles. The van der Waals surface area contributed by atoms with Crippen molar-refractivity contribution < 1.29 is 14.3 Å². The molecule has 5 nitrogen and oxygen atoms in total. The van der Waals surface area contributed by atoms with E-state index in [1.54, 1.807) is 19.5 Å². The van der Waals surface area contributed by atoms with Gasteiger partial charge in [-0.25, -0.2) is 14.3 Å². The number of imidazole rings is 1. The summed E-state index contributed by atoms with van der Waals surface area (Å²) in [6.07, 6.45) is 2.83. The first-order chi connectivity index (χ1) is 13.4. The van der Waals surface area contributed by atoms with Gasteiger partial charge in [0.1, 0.15) is 18.2 Å². The van der Waals surface area contributed by atoms with Crippen LogP contribution in [0.15, 0.2) is 48.8 Å². The number of ether oxygens (including phenoxy) is 2. The lowest BCUT2D eigenvalue weighted by Crippen LogP contribution is -2.18. The van der Waals surface area contributed by atoms with E-state index in [1.807, 2.05) is 31.2 Å². The lowest BCUT2D eigenvalue weighted by Gasteiger charge is -2.17. The zero-order valence-corrected chi connectivity index (χ0v) is 17.0. The molecule has 0 amide bonds. The summed E-state index contributed by atoms with van der Waals surface area (Å²) in [5.41, 5.74) is 5.50. The van der Waals surface area contributed by atoms with Gasteiger partial charge in [0.15, 0.2) is 0 Å². The molecule has 0 aliphatic heterocycles. The van der Waals surface area contributed by atoms with Crippen LogP contribution in [-0.4, -0.2) is 22.8 Å². The first kappa shape index (κ1) is 19.7. The Morgan fingerprint density at radius 3 is 2.71 bits per heavy atom. The third-order valence-corrected chi connectivity index (χ3v) is 5.15. The van der Waals surface area contributed by atoms with Gasteiger partial charge in [0.25, 0.3) is 0 Å². The molecule has 1 heterocycles. The molecule has 0 N–H and O–H groups in total. The van der Waals surface area contributed by atoms with Gasteiger partial charge in [0.05, 0.1) is 7.11 Å². The summed E-state index contributed by atoms with van der Waals surface area (Å²) in [7, 11) is 1.61. The molecule has 3 rings (SSSR count). The van der Waals surface area contributed by atoms with Crippen LogP contribution in [-0.2, 0) is 11.3 Å². The van der Waals surface area contributed by atoms with Gasteiger partial charge in [-0.3, -0.25) is 0 Å². The number of methoxy groups -OCH3 is 1. The van der Waals surface area contributed by atoms with Gasteiger partial charge in [-0.15, -0.1) is 0 Å². The summed E-state index contributed by atoms with van der Waals surface area (Å²) in [5, 5.41) is 0. The van der Waals surface area contributed by atoms with E-state index < -0.39 is 6.09 Å². The SMILES string of the molecule is COc1ccc(C)cc1COC(=O)n1ccnc1[C@@H](C)c1cccc(C)c1C. The molecular formula is C23H26N2O3. The van der Waals surface area contributed by atoms with E-state index in [2.05, 4.69) is 37.9 Å². The highest BCUT2D eigenvalue weighted by molar-refractivity contribution is 5.71. The van der Waals surface area contributed by atoms with Gasteiger partial charge in [0.2, 0.25) is 0 Å². The highest BCUT2D eigenvalue weighted by Crippen LogP contribution is 2.27. The lowest BCUT2D eigenvalue weighted by molar-refractivity contribution is 0.139. The van der Waals surface area contributed by atoms with Crippen LogP contribution in [0.2, 0.25) is 0 Å². The van der Waals surface area contributed by atoms with Crippen LogP contribution in [0.25, 0.3) is 0 Å². The maximum Gasteiger partial charge on any atom is 0.419 e. The van der Waals surface area contributed by atoms with Crippen LogP contribution in [0.5, 0.6) is 5.75 Å². The topological polar surface area (TPSA) is 53.4 Å². The van der Waals surface area contributed by atoms with E-state index in [0.717, 1.165) is 16.7 Å². The van der Waals surface area contributed by atoms with E-state index in [1.165, 1.54) is 15.7 Å². The molecule has 5 heteroatoms. The second-order valence-corrected chi connectivity index (χ2v) is 7.04. The third kappa shape index (κ3) is 3.93. The largest absolute Gasteiger partial charge is 0.496 e. The molecule has 1 aromatic heterocycles. The number of hydrogen-bond donors (Lipinski definition) is 0. The van der Waals surface area contributed by atoms with Crippen LogP contribution in [0.1, 0.15) is 46.5 Å². The zero-order valence-electron chi connectivity index (χ0n) is 17.0. The molecule has 0 aliphatic rings. The van der Waals surface area contributed by atoms with Gasteiger partial charge >= 0.3 is 6.09 Å². The van der Waals surface area contributed by atoms with Crippen molar-refractivity contribution in [2.45, 2.75) is 40.2 Å². The minimum Gasteiger partial charge on any atom is -0.496 e. The Labute approximate surface area is 165 Å². The summed E-state index contributed by atoms with van der Waals surface area (Å²) >= 11 is 0. The maximum absolute atomic E-state index is 12.7. The van der Waals surface area contributed by atoms with E-state index in [9.17, 15) is 4.79 Å². The summed E-state index contributed by atoms with van der Waals surface area (Å²) in [4.78, 5) is 17.2. The molecule has 3 aromatic rings. The van der Waals surface area contributed by atoms with Crippen molar-refractivity contribution in [3.8, 4) is 5.75 Å². The van der Waals surface area contributed by atoms with E-state index in [0.29, 0.717) is 11.6 Å². The normalized spacial score (nSPS) is 11.9. The van der Waals surface area contributed by atoms with Crippen LogP contribution < -0.4 is 4.74 Å². The summed E-state index contributed by atoms with van der Waals surface area (Å²) < 4.78 is 12.4. The van der Waals surface area contributed by atoms with Crippen molar-refractivity contribution in [3.05, 3.63) is 82.4 Å². The predicted octanol–water partition coefficient (Wildman–Crippen LogP) is 5.15. The molecule has 2 aromatic carbocycles. The molecule has 28 heavy (non-hydrogen) atoms. The van der Waals surface area contributed by atoms with Crippen LogP contribution in [0, 0.1) is 20.8 Å². The van der Waals surface area contributed by atoms with Crippen molar-refractivity contribution in [3.63, 3.8) is 0 Å². The van der Waals surface area contributed by atoms with E-state index in [4.69, 9.17) is 9.47 Å². The molecule has 0 spiro atoms. The number of aryl methyl sites for hydroxylation is 2. The summed E-state index contributed by atoms with van der Waals surface area (Å²) in [6, 6.07) is 12.0. The fourth-order valence-electron chi connectivity index (χ4n) is 3.40. The number of benzene rings is 2. The minimum absolute atomic E-state index is 0.0315. The Morgan fingerprint density at radius 1 is 1.18 bits per heavy atom. The Morgan fingerprint density at radius 2 is 1.96 bits per heavy atom. The number of hydrogen-bond acceptors (Lipinski definition) is 4. The monoisotopic (exact) mass is 378 g/mol. The van der Waals surface area contributed by atoms with Crippen LogP contribution in [0.3, 0.4) is 0 Å². The Kier molecular flexibility index (Phi) is 5.83. The number of rotatable bonds is 5. The predicted molar refractivity (Wildman–Crippen MR) is 109 cm³/mol. The highest BCUT2D eigenvalue weighted by atomic mass is 16.6. The Hall–Kier alpha value is -3.08. The molecule has 146 valence electrons. The highest BCUT2D eigenvalue weighted by Gasteiger charge is 2.21. The third-order valence-electron chi connectivity index (χ3n) is 5.15. The van der Waals surface area contributed by atoms with Gasteiger partial charge in [0, 0.05) is 23.9 Å². The smallest absolute Gasteiger partial charge is 0.419 e. The average molecular weight is 378 g/mol. The molecule has 0 unspecified atom stereocenters. The van der Waals surface area contributed by atoms with Gasteiger partial charge in [-0.1, -0.05) is 36.8 Å². The number of aromatic nitrogens is 2. The zero-order chi connectivity index (χ0) is 20.3. The van der Waals surface area contributed by atoms with Crippen molar-refractivity contribution in [1.82, 2.24) is 9.55 Å². The van der Waals surface area contributed by atoms with Crippen LogP contribution in [0.4, 0.5) is 4.79 Å². The number of nitrogens with zero attached hydrogens (tertiary/aromatic N) is 2. The maximum atomic E-state index is 12.7. The minimum atomic E-state index is -0.451. The summed E-state index contributed by atoms with van der Waals surface area (Å²) in [6.45, 7) is 8.36. The number of carbonyl (C=O) groups excluding carboxylic acids is 1. The van der Waals surface area contributed by atoms with E-state index >= 15 is 0 Å². The van der Waals surface area contributed by atoms with Gasteiger partial charge in [-0.2, -0.15) is 0 Å². The molecule has 0 aliphatic carbocycles. The Bertz CT molecular complexity index is 991. The number of carbonyl (C=O) groups is 1. The standard InChI is InChI=1S/C23H26N2O3/c1-15-9-10-21(27-5)19(13-15)14-28-23(26)25-12-11-24-22(25)18(4)20-8-6-7-16(2)17(20)3/h6-13,18H,14H2,1-5H3/t18-/m0/s1. The second kappa shape index (κ2) is 8.30. The van der Waals surface area contributed by atoms with Crippen molar-refractivity contribution in [2.75, 3.05) is 7.11 Å². The quantitative estimate of drug-likeness (QED) is 0.616. The van der Waals surface area contributed by atoms with Crippen molar-refractivity contribution in [2.24, 2.45) is 0 Å². The van der Waals surface area contributed by atoms with Crippen molar-refractivity contribution >= 4 is 6.09 Å². The lowest BCUT2D eigenvalue weighted by atomic mass is 9.93. The first-order valence-corrected chi connectivity index (χ1v) is 9.32. The van der Waals surface area contributed by atoms with Crippen LogP contribution >= 0.6 is 0 Å². The second-order valence-electron chi connectivity index (χ2n) is 7.04. The fraction of sp³-hybridized carbons (Fsp3) is 0.304. The van der Waals surface area contributed by atoms with E-state index in [-0.39, 0.29) is 12.5 Å². The molecule has 1 atom stereocenters. The molecule has 0 bridgehead atoms.